The highest BCUT2D eigenvalue weighted by Crippen LogP contribution is 2.69. The number of rotatable bonds is 3. The van der Waals surface area contributed by atoms with Gasteiger partial charge < -0.3 is 4.74 Å². The summed E-state index contributed by atoms with van der Waals surface area (Å²) < 4.78 is 18.6. The number of nitrogens with one attached hydrogen (secondary N) is 1. The van der Waals surface area contributed by atoms with Gasteiger partial charge in [0.25, 0.3) is 0 Å². The van der Waals surface area contributed by atoms with Crippen molar-refractivity contribution in [1.82, 2.24) is 10.2 Å². The summed E-state index contributed by atoms with van der Waals surface area (Å²) in [7, 11) is 0. The van der Waals surface area contributed by atoms with E-state index in [4.69, 9.17) is 4.74 Å². The first-order valence-corrected chi connectivity index (χ1v) is 4.51. The minimum atomic E-state index is -0.822. The molecular weight excluding hydrogens is 171 g/mol. The van der Waals surface area contributed by atoms with Gasteiger partial charge >= 0.3 is 0 Å². The van der Waals surface area contributed by atoms with E-state index in [1.165, 1.54) is 0 Å². The largest absolute Gasteiger partial charge is 0.477 e. The molecule has 0 radical (unpaired) electrons. The number of H-pyrrole nitrogens is 1. The standard InChI is InChI=1S/C9H11FN2O/c10-9-3-8(4-9,5-9)6-13-7-1-2-11-12-7/h1-2H,3-6H2,(H,11,12). The fraction of sp³-hybridized carbons (Fsp3) is 0.667. The van der Waals surface area contributed by atoms with E-state index in [0.717, 1.165) is 0 Å². The van der Waals surface area contributed by atoms with Gasteiger partial charge in [-0.1, -0.05) is 0 Å². The van der Waals surface area contributed by atoms with Gasteiger partial charge in [0.1, 0.15) is 5.67 Å². The second-order valence-corrected chi connectivity index (χ2v) is 4.39. The molecule has 0 amide bonds. The lowest BCUT2D eigenvalue weighted by Gasteiger charge is -2.65. The molecule has 3 aliphatic rings. The van der Waals surface area contributed by atoms with Gasteiger partial charge in [0.15, 0.2) is 0 Å². The molecule has 1 aromatic heterocycles. The van der Waals surface area contributed by atoms with Gasteiger partial charge in [0, 0.05) is 11.5 Å². The molecule has 1 aromatic rings. The average Bonchev–Trinajstić information content (AvgIpc) is 2.45. The molecule has 1 heterocycles. The molecule has 0 atom stereocenters. The van der Waals surface area contributed by atoms with Crippen LogP contribution in [0.15, 0.2) is 12.3 Å². The zero-order chi connectivity index (χ0) is 8.94. The van der Waals surface area contributed by atoms with Crippen LogP contribution in [0.2, 0.25) is 0 Å². The molecule has 13 heavy (non-hydrogen) atoms. The first kappa shape index (κ1) is 7.35. The summed E-state index contributed by atoms with van der Waals surface area (Å²) in [5, 5.41) is 6.49. The first-order valence-electron chi connectivity index (χ1n) is 4.51. The molecule has 0 unspecified atom stereocenters. The lowest BCUT2D eigenvalue weighted by Crippen LogP contribution is -2.66. The first-order chi connectivity index (χ1) is 6.20. The van der Waals surface area contributed by atoms with Crippen LogP contribution >= 0.6 is 0 Å². The normalized spacial score (nSPS) is 40.7. The van der Waals surface area contributed by atoms with Crippen LogP contribution in [-0.2, 0) is 0 Å². The number of ether oxygens (including phenoxy) is 1. The fourth-order valence-corrected chi connectivity index (χ4v) is 2.57. The molecule has 3 nitrogen and oxygen atoms in total. The highest BCUT2D eigenvalue weighted by atomic mass is 19.1. The van der Waals surface area contributed by atoms with Gasteiger partial charge in [-0.2, -0.15) is 5.10 Å². The molecule has 4 rings (SSSR count). The van der Waals surface area contributed by atoms with Crippen molar-refractivity contribution in [3.63, 3.8) is 0 Å². The van der Waals surface area contributed by atoms with Crippen LogP contribution in [0, 0.1) is 5.41 Å². The third kappa shape index (κ3) is 0.975. The van der Waals surface area contributed by atoms with E-state index < -0.39 is 5.67 Å². The summed E-state index contributed by atoms with van der Waals surface area (Å²) in [4.78, 5) is 0. The second kappa shape index (κ2) is 2.05. The summed E-state index contributed by atoms with van der Waals surface area (Å²) in [6, 6.07) is 1.77. The summed E-state index contributed by atoms with van der Waals surface area (Å²) in [5.74, 6) is 0.678. The van der Waals surface area contributed by atoms with Gasteiger partial charge in [-0.25, -0.2) is 9.49 Å². The van der Waals surface area contributed by atoms with Gasteiger partial charge in [-0.3, -0.25) is 0 Å². The Kier molecular flexibility index (Phi) is 1.16. The van der Waals surface area contributed by atoms with E-state index in [0.29, 0.717) is 31.7 Å². The maximum absolute atomic E-state index is 13.1. The minimum Gasteiger partial charge on any atom is -0.477 e. The predicted molar refractivity (Wildman–Crippen MR) is 44.2 cm³/mol. The molecule has 3 saturated carbocycles. The van der Waals surface area contributed by atoms with Crippen molar-refractivity contribution in [3.8, 4) is 5.88 Å². The Bertz CT molecular complexity index is 303. The van der Waals surface area contributed by atoms with Gasteiger partial charge in [0.05, 0.1) is 12.8 Å². The van der Waals surface area contributed by atoms with Crippen LogP contribution in [0.4, 0.5) is 4.39 Å². The smallest absolute Gasteiger partial charge is 0.209 e. The van der Waals surface area contributed by atoms with Crippen molar-refractivity contribution >= 4 is 0 Å². The van der Waals surface area contributed by atoms with Crippen LogP contribution in [-0.4, -0.2) is 22.5 Å². The zero-order valence-electron chi connectivity index (χ0n) is 7.22. The highest BCUT2D eigenvalue weighted by Gasteiger charge is 2.69. The number of aromatic amines is 1. The van der Waals surface area contributed by atoms with E-state index in [-0.39, 0.29) is 5.41 Å². The van der Waals surface area contributed by atoms with Gasteiger partial charge in [-0.15, -0.1) is 0 Å². The topological polar surface area (TPSA) is 37.9 Å². The Morgan fingerprint density at radius 1 is 1.54 bits per heavy atom. The van der Waals surface area contributed by atoms with E-state index in [2.05, 4.69) is 10.2 Å². The maximum Gasteiger partial charge on any atom is 0.209 e. The molecule has 0 aromatic carbocycles. The molecular formula is C9H11FN2O. The van der Waals surface area contributed by atoms with Crippen molar-refractivity contribution in [1.29, 1.82) is 0 Å². The minimum absolute atomic E-state index is 0.153. The second-order valence-electron chi connectivity index (χ2n) is 4.39. The summed E-state index contributed by atoms with van der Waals surface area (Å²) in [6.45, 7) is 0.626. The third-order valence-corrected chi connectivity index (χ3v) is 3.08. The Morgan fingerprint density at radius 2 is 2.31 bits per heavy atom. The molecule has 0 spiro atoms. The quantitative estimate of drug-likeness (QED) is 0.772. The number of hydrogen-bond donors (Lipinski definition) is 1. The summed E-state index contributed by atoms with van der Waals surface area (Å²) >= 11 is 0. The van der Waals surface area contributed by atoms with E-state index in [9.17, 15) is 4.39 Å². The molecule has 1 N–H and O–H groups in total. The molecule has 3 fully saturated rings. The Morgan fingerprint density at radius 3 is 2.85 bits per heavy atom. The van der Waals surface area contributed by atoms with Crippen molar-refractivity contribution in [2.45, 2.75) is 24.9 Å². The fourth-order valence-electron chi connectivity index (χ4n) is 2.57. The maximum atomic E-state index is 13.1. The number of nitrogens with zero attached hydrogens (tertiary/aromatic N) is 1. The molecule has 0 aliphatic heterocycles. The number of alkyl halides is 1. The zero-order valence-corrected chi connectivity index (χ0v) is 7.22. The van der Waals surface area contributed by atoms with Crippen molar-refractivity contribution in [2.75, 3.05) is 6.61 Å². The van der Waals surface area contributed by atoms with E-state index in [1.807, 2.05) is 0 Å². The third-order valence-electron chi connectivity index (χ3n) is 3.08. The van der Waals surface area contributed by atoms with Gasteiger partial charge in [-0.05, 0) is 19.3 Å². The molecule has 2 bridgehead atoms. The summed E-state index contributed by atoms with van der Waals surface area (Å²) in [5.41, 5.74) is -0.669. The highest BCUT2D eigenvalue weighted by molar-refractivity contribution is 5.19. The molecule has 70 valence electrons. The molecule has 4 heteroatoms. The van der Waals surface area contributed by atoms with Crippen molar-refractivity contribution in [3.05, 3.63) is 12.3 Å². The Balaban J connectivity index is 1.56. The molecule has 0 saturated heterocycles. The van der Waals surface area contributed by atoms with Gasteiger partial charge in [0.2, 0.25) is 5.88 Å². The van der Waals surface area contributed by atoms with Crippen LogP contribution in [0.1, 0.15) is 19.3 Å². The SMILES string of the molecule is FC12CC(COc3ccn[nH]3)(C1)C2. The van der Waals surface area contributed by atoms with E-state index >= 15 is 0 Å². The number of hydrogen-bond acceptors (Lipinski definition) is 2. The summed E-state index contributed by atoms with van der Waals surface area (Å²) in [6.07, 6.45) is 3.71. The van der Waals surface area contributed by atoms with Crippen LogP contribution in [0.5, 0.6) is 5.88 Å². The van der Waals surface area contributed by atoms with Crippen molar-refractivity contribution < 1.29 is 9.13 Å². The van der Waals surface area contributed by atoms with Crippen LogP contribution in [0.25, 0.3) is 0 Å². The predicted octanol–water partition coefficient (Wildman–Crippen LogP) is 1.68. The molecule has 3 aliphatic carbocycles. The monoisotopic (exact) mass is 182 g/mol. The van der Waals surface area contributed by atoms with Crippen LogP contribution in [0.3, 0.4) is 0 Å². The van der Waals surface area contributed by atoms with Crippen LogP contribution < -0.4 is 4.74 Å². The lowest BCUT2D eigenvalue weighted by molar-refractivity contribution is -0.226. The average molecular weight is 182 g/mol. The Labute approximate surface area is 75.3 Å². The number of aromatic nitrogens is 2. The number of halogens is 1. The van der Waals surface area contributed by atoms with Crippen molar-refractivity contribution in [2.24, 2.45) is 5.41 Å². The Hall–Kier alpha value is -1.06. The lowest BCUT2D eigenvalue weighted by atomic mass is 9.43. The van der Waals surface area contributed by atoms with E-state index in [1.54, 1.807) is 12.3 Å².